The van der Waals surface area contributed by atoms with E-state index in [0.717, 1.165) is 0 Å². The van der Waals surface area contributed by atoms with Gasteiger partial charge < -0.3 is 10.1 Å². The third kappa shape index (κ3) is 4.01. The standard InChI is InChI=1S/C9H11ClF3N3O/c1-5(4-17-2)15-7-6(9(11,12)13)3-14-8(10)16-7/h3,5H,4H2,1-2H3,(H,14,15,16). The molecule has 1 aromatic heterocycles. The number of halogens is 4. The molecule has 0 radical (unpaired) electrons. The van der Waals surface area contributed by atoms with Crippen LogP contribution in [0.4, 0.5) is 19.0 Å². The van der Waals surface area contributed by atoms with Crippen molar-refractivity contribution in [3.05, 3.63) is 17.0 Å². The molecule has 0 saturated heterocycles. The van der Waals surface area contributed by atoms with E-state index in [0.29, 0.717) is 6.20 Å². The first-order valence-corrected chi connectivity index (χ1v) is 5.07. The van der Waals surface area contributed by atoms with Gasteiger partial charge in [0.1, 0.15) is 11.4 Å². The number of nitrogens with zero attached hydrogens (tertiary/aromatic N) is 2. The summed E-state index contributed by atoms with van der Waals surface area (Å²) in [5.41, 5.74) is -0.954. The summed E-state index contributed by atoms with van der Waals surface area (Å²) < 4.78 is 42.7. The van der Waals surface area contributed by atoms with Crippen molar-refractivity contribution in [2.24, 2.45) is 0 Å². The number of methoxy groups -OCH3 is 1. The minimum atomic E-state index is -4.53. The molecule has 96 valence electrons. The predicted molar refractivity (Wildman–Crippen MR) is 57.0 cm³/mol. The van der Waals surface area contributed by atoms with Crippen molar-refractivity contribution in [1.29, 1.82) is 0 Å². The van der Waals surface area contributed by atoms with Gasteiger partial charge in [0.2, 0.25) is 5.28 Å². The first-order chi connectivity index (χ1) is 7.84. The van der Waals surface area contributed by atoms with Crippen LogP contribution in [0.25, 0.3) is 0 Å². The Labute approximate surface area is 101 Å². The number of hydrogen-bond acceptors (Lipinski definition) is 4. The molecule has 1 unspecified atom stereocenters. The molecule has 4 nitrogen and oxygen atoms in total. The maximum atomic E-state index is 12.6. The van der Waals surface area contributed by atoms with E-state index in [9.17, 15) is 13.2 Å². The average Bonchev–Trinajstić information content (AvgIpc) is 2.15. The Kier molecular flexibility index (Phi) is 4.53. The lowest BCUT2D eigenvalue weighted by Crippen LogP contribution is -2.24. The SMILES string of the molecule is COCC(C)Nc1nc(Cl)ncc1C(F)(F)F. The van der Waals surface area contributed by atoms with Gasteiger partial charge in [0.05, 0.1) is 6.61 Å². The highest BCUT2D eigenvalue weighted by atomic mass is 35.5. The molecule has 0 aliphatic carbocycles. The highest BCUT2D eigenvalue weighted by Gasteiger charge is 2.35. The zero-order valence-corrected chi connectivity index (χ0v) is 9.93. The average molecular weight is 270 g/mol. The Morgan fingerprint density at radius 1 is 1.53 bits per heavy atom. The zero-order valence-electron chi connectivity index (χ0n) is 9.18. The smallest absolute Gasteiger partial charge is 0.383 e. The highest BCUT2D eigenvalue weighted by Crippen LogP contribution is 2.33. The number of aromatic nitrogens is 2. The summed E-state index contributed by atoms with van der Waals surface area (Å²) in [5.74, 6) is -0.345. The van der Waals surface area contributed by atoms with Crippen LogP contribution < -0.4 is 5.32 Å². The molecule has 0 amide bonds. The zero-order chi connectivity index (χ0) is 13.1. The van der Waals surface area contributed by atoms with Gasteiger partial charge in [-0.3, -0.25) is 0 Å². The monoisotopic (exact) mass is 269 g/mol. The molecule has 0 bridgehead atoms. The van der Waals surface area contributed by atoms with Gasteiger partial charge in [-0.05, 0) is 18.5 Å². The highest BCUT2D eigenvalue weighted by molar-refractivity contribution is 6.28. The van der Waals surface area contributed by atoms with Crippen molar-refractivity contribution in [3.63, 3.8) is 0 Å². The fraction of sp³-hybridized carbons (Fsp3) is 0.556. The Hall–Kier alpha value is -1.08. The lowest BCUT2D eigenvalue weighted by atomic mass is 10.2. The molecule has 17 heavy (non-hydrogen) atoms. The van der Waals surface area contributed by atoms with Gasteiger partial charge in [0, 0.05) is 19.3 Å². The summed E-state index contributed by atoms with van der Waals surface area (Å²) in [7, 11) is 1.45. The second-order valence-electron chi connectivity index (χ2n) is 3.40. The van der Waals surface area contributed by atoms with Gasteiger partial charge in [-0.25, -0.2) is 9.97 Å². The second kappa shape index (κ2) is 5.50. The summed E-state index contributed by atoms with van der Waals surface area (Å²) in [5, 5.41) is 2.33. The maximum Gasteiger partial charge on any atom is 0.421 e. The van der Waals surface area contributed by atoms with Crippen LogP contribution in [0.1, 0.15) is 12.5 Å². The molecule has 1 aromatic rings. The van der Waals surface area contributed by atoms with Crippen molar-refractivity contribution >= 4 is 17.4 Å². The van der Waals surface area contributed by atoms with E-state index in [4.69, 9.17) is 16.3 Å². The van der Waals surface area contributed by atoms with E-state index >= 15 is 0 Å². The Morgan fingerprint density at radius 3 is 2.71 bits per heavy atom. The molecule has 0 fully saturated rings. The topological polar surface area (TPSA) is 47.0 Å². The normalized spacial score (nSPS) is 13.5. The number of nitrogens with one attached hydrogen (secondary N) is 1. The van der Waals surface area contributed by atoms with E-state index in [2.05, 4.69) is 15.3 Å². The minimum absolute atomic E-state index is 0.245. The van der Waals surface area contributed by atoms with E-state index in [1.807, 2.05) is 0 Å². The summed E-state index contributed by atoms with van der Waals surface area (Å²) in [6.07, 6.45) is -3.88. The van der Waals surface area contributed by atoms with E-state index < -0.39 is 11.7 Å². The van der Waals surface area contributed by atoms with Crippen molar-refractivity contribution in [3.8, 4) is 0 Å². The van der Waals surface area contributed by atoms with Gasteiger partial charge >= 0.3 is 6.18 Å². The van der Waals surface area contributed by atoms with Crippen LogP contribution in [0, 0.1) is 0 Å². The van der Waals surface area contributed by atoms with Crippen LogP contribution in [0.15, 0.2) is 6.20 Å². The summed E-state index contributed by atoms with van der Waals surface area (Å²) >= 11 is 5.47. The molecule has 1 N–H and O–H groups in total. The molecule has 0 aromatic carbocycles. The molecule has 1 atom stereocenters. The fourth-order valence-corrected chi connectivity index (χ4v) is 1.34. The molecular formula is C9H11ClF3N3O. The quantitative estimate of drug-likeness (QED) is 0.854. The van der Waals surface area contributed by atoms with Crippen LogP contribution in [0.5, 0.6) is 0 Å². The molecule has 0 spiro atoms. The van der Waals surface area contributed by atoms with E-state index in [1.54, 1.807) is 6.92 Å². The Bertz CT molecular complexity index is 386. The van der Waals surface area contributed by atoms with Gasteiger partial charge in [-0.15, -0.1) is 0 Å². The minimum Gasteiger partial charge on any atom is -0.383 e. The third-order valence-corrected chi connectivity index (χ3v) is 2.05. The van der Waals surface area contributed by atoms with Crippen LogP contribution in [-0.4, -0.2) is 29.7 Å². The maximum absolute atomic E-state index is 12.6. The molecule has 1 heterocycles. The van der Waals surface area contributed by atoms with Crippen molar-refractivity contribution < 1.29 is 17.9 Å². The summed E-state index contributed by atoms with van der Waals surface area (Å²) in [6, 6.07) is -0.327. The summed E-state index contributed by atoms with van der Waals surface area (Å²) in [6.45, 7) is 1.92. The number of ether oxygens (including phenoxy) is 1. The number of anilines is 1. The first-order valence-electron chi connectivity index (χ1n) is 4.69. The van der Waals surface area contributed by atoms with E-state index in [-0.39, 0.29) is 23.8 Å². The first kappa shape index (κ1) is 14.0. The number of hydrogen-bond donors (Lipinski definition) is 1. The number of alkyl halides is 3. The van der Waals surface area contributed by atoms with Crippen molar-refractivity contribution in [1.82, 2.24) is 9.97 Å². The molecule has 0 saturated carbocycles. The molecule has 0 aliphatic rings. The van der Waals surface area contributed by atoms with Gasteiger partial charge in [-0.1, -0.05) is 0 Å². The molecular weight excluding hydrogens is 259 g/mol. The Balaban J connectivity index is 2.99. The molecule has 1 rings (SSSR count). The van der Waals surface area contributed by atoms with Crippen LogP contribution >= 0.6 is 11.6 Å². The molecule has 0 aliphatic heterocycles. The van der Waals surface area contributed by atoms with Gasteiger partial charge in [-0.2, -0.15) is 13.2 Å². The van der Waals surface area contributed by atoms with Gasteiger partial charge in [0.15, 0.2) is 0 Å². The van der Waals surface area contributed by atoms with Crippen LogP contribution in [0.3, 0.4) is 0 Å². The second-order valence-corrected chi connectivity index (χ2v) is 3.74. The number of rotatable bonds is 4. The predicted octanol–water partition coefficient (Wildman–Crippen LogP) is 2.60. The lowest BCUT2D eigenvalue weighted by Gasteiger charge is -2.17. The fourth-order valence-electron chi connectivity index (χ4n) is 1.20. The largest absolute Gasteiger partial charge is 0.421 e. The van der Waals surface area contributed by atoms with Crippen molar-refractivity contribution in [2.75, 3.05) is 19.0 Å². The van der Waals surface area contributed by atoms with Crippen LogP contribution in [0.2, 0.25) is 5.28 Å². The lowest BCUT2D eigenvalue weighted by molar-refractivity contribution is -0.137. The Morgan fingerprint density at radius 2 is 2.18 bits per heavy atom. The van der Waals surface area contributed by atoms with E-state index in [1.165, 1.54) is 7.11 Å². The summed E-state index contributed by atoms with van der Waals surface area (Å²) in [4.78, 5) is 6.85. The molecule has 8 heteroatoms. The van der Waals surface area contributed by atoms with Crippen LogP contribution in [-0.2, 0) is 10.9 Å². The van der Waals surface area contributed by atoms with Crippen molar-refractivity contribution in [2.45, 2.75) is 19.1 Å². The third-order valence-electron chi connectivity index (χ3n) is 1.86. The van der Waals surface area contributed by atoms with Gasteiger partial charge in [0.25, 0.3) is 0 Å².